The Morgan fingerprint density at radius 2 is 1.96 bits per heavy atom. The number of hydrogen-bond acceptors (Lipinski definition) is 4. The lowest BCUT2D eigenvalue weighted by atomic mass is 9.86. The first-order valence-corrected chi connectivity index (χ1v) is 10.0. The lowest BCUT2D eigenvalue weighted by Gasteiger charge is -2.38. The number of aliphatic hydroxyl groups excluding tert-OH is 1. The van der Waals surface area contributed by atoms with Crippen LogP contribution in [0, 0.1) is 0 Å². The Morgan fingerprint density at radius 3 is 2.71 bits per heavy atom. The molecular weight excluding hydrogens is 352 g/mol. The number of rotatable bonds is 6. The molecule has 3 rings (SSSR count). The van der Waals surface area contributed by atoms with E-state index in [0.29, 0.717) is 23.0 Å². The molecule has 1 aromatic carbocycles. The Bertz CT molecular complexity index is 962. The van der Waals surface area contributed by atoms with E-state index in [-0.39, 0.29) is 17.8 Å². The minimum atomic E-state index is -0.776. The van der Waals surface area contributed by atoms with Crippen LogP contribution in [0.15, 0.2) is 56.8 Å². The van der Waals surface area contributed by atoms with Crippen molar-refractivity contribution in [3.63, 3.8) is 0 Å². The highest BCUT2D eigenvalue weighted by molar-refractivity contribution is 5.77. The minimum Gasteiger partial charge on any atom is -0.456 e. The van der Waals surface area contributed by atoms with Crippen LogP contribution in [0.4, 0.5) is 0 Å². The maximum absolute atomic E-state index is 12.7. The third-order valence-electron chi connectivity index (χ3n) is 5.51. The van der Waals surface area contributed by atoms with E-state index in [1.807, 2.05) is 19.1 Å². The van der Waals surface area contributed by atoms with Gasteiger partial charge in [0.25, 0.3) is 5.95 Å². The number of aliphatic hydroxyl groups is 1. The molecule has 1 aromatic heterocycles. The molecule has 0 saturated carbocycles. The van der Waals surface area contributed by atoms with Crippen LogP contribution in [0.2, 0.25) is 0 Å². The zero-order valence-corrected chi connectivity index (χ0v) is 17.2. The molecule has 0 spiro atoms. The second kappa shape index (κ2) is 8.36. The largest absolute Gasteiger partial charge is 0.456 e. The summed E-state index contributed by atoms with van der Waals surface area (Å²) in [5.41, 5.74) is 2.73. The topological polar surface area (TPSA) is 59.7 Å². The Kier molecular flexibility index (Phi) is 6.09. The van der Waals surface area contributed by atoms with E-state index >= 15 is 0 Å². The van der Waals surface area contributed by atoms with Crippen LogP contribution in [-0.2, 0) is 6.42 Å². The van der Waals surface area contributed by atoms with Crippen LogP contribution in [0.25, 0.3) is 11.0 Å². The first-order valence-electron chi connectivity index (χ1n) is 10.0. The highest BCUT2D eigenvalue weighted by Gasteiger charge is 2.42. The van der Waals surface area contributed by atoms with E-state index in [1.165, 1.54) is 11.1 Å². The summed E-state index contributed by atoms with van der Waals surface area (Å²) in [4.78, 5) is 12.7. The van der Waals surface area contributed by atoms with Gasteiger partial charge in [-0.3, -0.25) is 4.79 Å². The molecule has 2 unspecified atom stereocenters. The zero-order valence-electron chi connectivity index (χ0n) is 17.2. The third kappa shape index (κ3) is 4.39. The summed E-state index contributed by atoms with van der Waals surface area (Å²) in [5, 5.41) is 11.2. The second-order valence-electron chi connectivity index (χ2n) is 8.24. The van der Waals surface area contributed by atoms with E-state index < -0.39 is 11.7 Å². The molecule has 2 heterocycles. The molecule has 0 radical (unpaired) electrons. The predicted octanol–water partition coefficient (Wildman–Crippen LogP) is 5.32. The molecule has 0 fully saturated rings. The highest BCUT2D eigenvalue weighted by Crippen LogP contribution is 2.36. The average molecular weight is 383 g/mol. The first kappa shape index (κ1) is 20.4. The number of allylic oxidation sites excluding steroid dienone is 4. The molecule has 0 aliphatic carbocycles. The van der Waals surface area contributed by atoms with Gasteiger partial charge in [0.15, 0.2) is 5.43 Å². The normalized spacial score (nSPS) is 21.9. The maximum Gasteiger partial charge on any atom is 0.292 e. The molecule has 1 aliphatic heterocycles. The zero-order chi connectivity index (χ0) is 20.3. The summed E-state index contributed by atoms with van der Waals surface area (Å²) in [7, 11) is 0. The van der Waals surface area contributed by atoms with Crippen molar-refractivity contribution in [1.29, 1.82) is 0 Å². The summed E-state index contributed by atoms with van der Waals surface area (Å²) in [6.45, 7) is 8.25. The summed E-state index contributed by atoms with van der Waals surface area (Å²) >= 11 is 0. The average Bonchev–Trinajstić information content (AvgIpc) is 2.63. The van der Waals surface area contributed by atoms with Crippen LogP contribution in [0.3, 0.4) is 0 Å². The smallest absolute Gasteiger partial charge is 0.292 e. The SMILES string of the molecule is CC(C)=CCCC(C)=CCCC1(C)Oc2oc3ccccc3c(=O)c2CC1O. The monoisotopic (exact) mass is 382 g/mol. The van der Waals surface area contributed by atoms with Crippen LogP contribution >= 0.6 is 0 Å². The van der Waals surface area contributed by atoms with Crippen LogP contribution in [-0.4, -0.2) is 16.8 Å². The maximum atomic E-state index is 12.7. The summed E-state index contributed by atoms with van der Waals surface area (Å²) in [6.07, 6.45) is 7.51. The molecule has 4 nitrogen and oxygen atoms in total. The molecule has 2 atom stereocenters. The van der Waals surface area contributed by atoms with Gasteiger partial charge in [0.1, 0.15) is 11.2 Å². The van der Waals surface area contributed by atoms with E-state index in [1.54, 1.807) is 12.1 Å². The highest BCUT2D eigenvalue weighted by atomic mass is 16.6. The molecule has 4 heteroatoms. The van der Waals surface area contributed by atoms with Gasteiger partial charge in [0, 0.05) is 6.42 Å². The van der Waals surface area contributed by atoms with Gasteiger partial charge < -0.3 is 14.3 Å². The minimum absolute atomic E-state index is 0.118. The Morgan fingerprint density at radius 1 is 1.21 bits per heavy atom. The van der Waals surface area contributed by atoms with Crippen molar-refractivity contribution in [2.45, 2.75) is 71.5 Å². The third-order valence-corrected chi connectivity index (χ3v) is 5.51. The van der Waals surface area contributed by atoms with Crippen molar-refractivity contribution in [2.75, 3.05) is 0 Å². The lowest BCUT2D eigenvalue weighted by Crippen LogP contribution is -2.50. The van der Waals surface area contributed by atoms with Gasteiger partial charge in [-0.1, -0.05) is 35.4 Å². The fraction of sp³-hybridized carbons (Fsp3) is 0.458. The molecule has 0 bridgehead atoms. The first-order chi connectivity index (χ1) is 13.3. The van der Waals surface area contributed by atoms with Crippen molar-refractivity contribution in [3.05, 3.63) is 63.4 Å². The number of fused-ring (bicyclic) bond motifs is 2. The van der Waals surface area contributed by atoms with Gasteiger partial charge in [-0.15, -0.1) is 0 Å². The lowest BCUT2D eigenvalue weighted by molar-refractivity contribution is -0.0726. The van der Waals surface area contributed by atoms with Gasteiger partial charge in [0.2, 0.25) is 0 Å². The second-order valence-corrected chi connectivity index (χ2v) is 8.24. The van der Waals surface area contributed by atoms with Crippen molar-refractivity contribution in [1.82, 2.24) is 0 Å². The number of benzene rings is 1. The molecular formula is C24H30O4. The number of hydrogen-bond donors (Lipinski definition) is 1. The van der Waals surface area contributed by atoms with Crippen molar-refractivity contribution < 1.29 is 14.3 Å². The fourth-order valence-electron chi connectivity index (χ4n) is 3.62. The Balaban J connectivity index is 1.73. The van der Waals surface area contributed by atoms with E-state index in [4.69, 9.17) is 9.15 Å². The van der Waals surface area contributed by atoms with Crippen LogP contribution in [0.1, 0.15) is 58.9 Å². The fourth-order valence-corrected chi connectivity index (χ4v) is 3.62. The van der Waals surface area contributed by atoms with Crippen molar-refractivity contribution in [3.8, 4) is 5.95 Å². The van der Waals surface area contributed by atoms with Crippen molar-refractivity contribution in [2.24, 2.45) is 0 Å². The predicted molar refractivity (Wildman–Crippen MR) is 113 cm³/mol. The van der Waals surface area contributed by atoms with E-state index in [0.717, 1.165) is 19.3 Å². The molecule has 2 aromatic rings. The molecule has 1 aliphatic rings. The van der Waals surface area contributed by atoms with Crippen LogP contribution < -0.4 is 10.2 Å². The van der Waals surface area contributed by atoms with Crippen LogP contribution in [0.5, 0.6) is 5.95 Å². The summed E-state index contributed by atoms with van der Waals surface area (Å²) < 4.78 is 11.9. The molecule has 0 saturated heterocycles. The van der Waals surface area contributed by atoms with Gasteiger partial charge >= 0.3 is 0 Å². The Hall–Kier alpha value is -2.33. The molecule has 28 heavy (non-hydrogen) atoms. The summed E-state index contributed by atoms with van der Waals surface area (Å²) in [5.74, 6) is 0.251. The van der Waals surface area contributed by atoms with Crippen molar-refractivity contribution >= 4 is 11.0 Å². The molecule has 0 amide bonds. The quantitative estimate of drug-likeness (QED) is 0.687. The Labute approximate surface area is 166 Å². The van der Waals surface area contributed by atoms with Gasteiger partial charge in [-0.25, -0.2) is 0 Å². The van der Waals surface area contributed by atoms with Gasteiger partial charge in [-0.05, 0) is 65.5 Å². The standard InChI is InChI=1S/C24H30O4/c1-16(2)9-7-10-17(3)11-8-14-24(4)21(25)15-19-22(26)18-12-5-6-13-20(18)27-23(19)28-24/h5-6,9,11-13,21,25H,7-8,10,14-15H2,1-4H3. The number of ether oxygens (including phenoxy) is 1. The summed E-state index contributed by atoms with van der Waals surface area (Å²) in [6, 6.07) is 7.14. The number of para-hydroxylation sites is 1. The van der Waals surface area contributed by atoms with E-state index in [2.05, 4.69) is 32.9 Å². The van der Waals surface area contributed by atoms with E-state index in [9.17, 15) is 9.90 Å². The molecule has 1 N–H and O–H groups in total. The van der Waals surface area contributed by atoms with Gasteiger partial charge in [0.05, 0.1) is 17.1 Å². The van der Waals surface area contributed by atoms with Gasteiger partial charge in [-0.2, -0.15) is 0 Å². The molecule has 150 valence electrons.